The quantitative estimate of drug-likeness (QED) is 0.823. The Kier molecular flexibility index (Phi) is 4.89. The second-order valence-electron chi connectivity index (χ2n) is 7.81. The van der Waals surface area contributed by atoms with Crippen molar-refractivity contribution in [3.8, 4) is 0 Å². The van der Waals surface area contributed by atoms with E-state index in [1.807, 2.05) is 0 Å². The lowest BCUT2D eigenvalue weighted by Gasteiger charge is -2.34. The van der Waals surface area contributed by atoms with Gasteiger partial charge in [-0.3, -0.25) is 9.80 Å². The lowest BCUT2D eigenvalue weighted by molar-refractivity contribution is 0.130. The van der Waals surface area contributed by atoms with Gasteiger partial charge in [0.05, 0.1) is 6.61 Å². The third-order valence-electron chi connectivity index (χ3n) is 5.83. The lowest BCUT2D eigenvalue weighted by Crippen LogP contribution is -2.51. The Morgan fingerprint density at radius 3 is 2.62 bits per heavy atom. The number of rotatable bonds is 4. The van der Waals surface area contributed by atoms with Gasteiger partial charge in [-0.15, -0.1) is 0 Å². The van der Waals surface area contributed by atoms with Gasteiger partial charge in [0.1, 0.15) is 0 Å². The van der Waals surface area contributed by atoms with E-state index in [1.165, 1.54) is 51.9 Å². The Morgan fingerprint density at radius 2 is 1.86 bits per heavy atom. The molecule has 0 aromatic carbocycles. The molecule has 3 atom stereocenters. The second kappa shape index (κ2) is 6.53. The van der Waals surface area contributed by atoms with Crippen molar-refractivity contribution in [3.05, 3.63) is 0 Å². The molecule has 2 aliphatic heterocycles. The van der Waals surface area contributed by atoms with Gasteiger partial charge in [0.15, 0.2) is 0 Å². The van der Waals surface area contributed by atoms with Gasteiger partial charge in [-0.2, -0.15) is 0 Å². The van der Waals surface area contributed by atoms with Crippen LogP contribution in [0.15, 0.2) is 0 Å². The van der Waals surface area contributed by atoms with E-state index in [-0.39, 0.29) is 12.1 Å². The molecular weight excluding hydrogens is 262 g/mol. The fraction of sp³-hybridized carbons (Fsp3) is 1.00. The number of aliphatic hydroxyl groups is 1. The van der Waals surface area contributed by atoms with Crippen LogP contribution in [0, 0.1) is 0 Å². The molecule has 4 heteroatoms. The first-order valence-electron chi connectivity index (χ1n) is 8.98. The van der Waals surface area contributed by atoms with Gasteiger partial charge in [0.25, 0.3) is 0 Å². The molecule has 4 nitrogen and oxygen atoms in total. The Balaban J connectivity index is 1.62. The molecule has 3 aliphatic rings. The maximum absolute atomic E-state index is 9.90. The number of hydrogen-bond donors (Lipinski definition) is 2. The van der Waals surface area contributed by atoms with Crippen molar-refractivity contribution in [2.45, 2.75) is 76.0 Å². The van der Waals surface area contributed by atoms with Crippen molar-refractivity contribution in [2.75, 3.05) is 32.8 Å². The third-order valence-corrected chi connectivity index (χ3v) is 5.83. The highest BCUT2D eigenvalue weighted by atomic mass is 16.3. The smallest absolute Gasteiger partial charge is 0.0614 e. The number of hydrogen-bond acceptors (Lipinski definition) is 4. The van der Waals surface area contributed by atoms with Crippen molar-refractivity contribution in [3.63, 3.8) is 0 Å². The molecule has 0 aromatic rings. The number of nitrogens with one attached hydrogen (secondary N) is 1. The number of fused-ring (bicyclic) bond motifs is 1. The van der Waals surface area contributed by atoms with Crippen LogP contribution in [0.25, 0.3) is 0 Å². The van der Waals surface area contributed by atoms with Crippen LogP contribution in [-0.2, 0) is 0 Å². The summed E-state index contributed by atoms with van der Waals surface area (Å²) < 4.78 is 0. The minimum atomic E-state index is -0.0273. The van der Waals surface area contributed by atoms with Crippen LogP contribution < -0.4 is 5.32 Å². The van der Waals surface area contributed by atoms with E-state index in [0.717, 1.165) is 18.9 Å². The summed E-state index contributed by atoms with van der Waals surface area (Å²) in [6.07, 6.45) is 7.58. The first kappa shape index (κ1) is 15.7. The standard InChI is InChI=1S/C17H33N3O/c1-14(2)18-17(13-21)7-6-15(11-17)20-10-4-9-19-8-3-5-16(19)12-20/h14-16,18,21H,3-13H2,1-2H3. The minimum absolute atomic E-state index is 0.0273. The van der Waals surface area contributed by atoms with Gasteiger partial charge in [-0.05, 0) is 58.2 Å². The zero-order valence-electron chi connectivity index (χ0n) is 13.9. The molecule has 2 N–H and O–H groups in total. The van der Waals surface area contributed by atoms with Crippen molar-refractivity contribution >= 4 is 0 Å². The largest absolute Gasteiger partial charge is 0.394 e. The third kappa shape index (κ3) is 3.44. The van der Waals surface area contributed by atoms with Crippen LogP contribution in [0.4, 0.5) is 0 Å². The first-order valence-corrected chi connectivity index (χ1v) is 8.98. The zero-order chi connectivity index (χ0) is 14.9. The maximum atomic E-state index is 9.90. The molecule has 0 aromatic heterocycles. The molecule has 2 heterocycles. The van der Waals surface area contributed by atoms with Crippen LogP contribution in [-0.4, -0.2) is 71.4 Å². The molecular formula is C17H33N3O. The van der Waals surface area contributed by atoms with E-state index in [2.05, 4.69) is 29.0 Å². The Labute approximate surface area is 129 Å². The van der Waals surface area contributed by atoms with Crippen molar-refractivity contribution in [2.24, 2.45) is 0 Å². The number of nitrogens with zero attached hydrogens (tertiary/aromatic N) is 2. The summed E-state index contributed by atoms with van der Waals surface area (Å²) in [6, 6.07) is 1.92. The van der Waals surface area contributed by atoms with E-state index in [0.29, 0.717) is 12.1 Å². The maximum Gasteiger partial charge on any atom is 0.0614 e. The molecule has 3 rings (SSSR count). The molecule has 1 saturated carbocycles. The molecule has 21 heavy (non-hydrogen) atoms. The van der Waals surface area contributed by atoms with Crippen LogP contribution in [0.2, 0.25) is 0 Å². The van der Waals surface area contributed by atoms with Crippen LogP contribution in [0.1, 0.15) is 52.4 Å². The summed E-state index contributed by atoms with van der Waals surface area (Å²) in [7, 11) is 0. The predicted octanol–water partition coefficient (Wildman–Crippen LogP) is 1.44. The van der Waals surface area contributed by atoms with Crippen LogP contribution in [0.5, 0.6) is 0 Å². The van der Waals surface area contributed by atoms with E-state index in [9.17, 15) is 5.11 Å². The van der Waals surface area contributed by atoms with E-state index in [4.69, 9.17) is 0 Å². The average molecular weight is 295 g/mol. The highest BCUT2D eigenvalue weighted by Crippen LogP contribution is 2.35. The summed E-state index contributed by atoms with van der Waals surface area (Å²) in [5, 5.41) is 13.5. The first-order chi connectivity index (χ1) is 10.1. The molecule has 0 spiro atoms. The SMILES string of the molecule is CC(C)NC1(CO)CCC(N2CCCN3CCCC3C2)C1. The molecule has 2 saturated heterocycles. The van der Waals surface area contributed by atoms with Crippen LogP contribution >= 0.6 is 0 Å². The Bertz CT molecular complexity index is 349. The van der Waals surface area contributed by atoms with E-state index in [1.54, 1.807) is 0 Å². The van der Waals surface area contributed by atoms with Crippen molar-refractivity contribution in [1.29, 1.82) is 0 Å². The fourth-order valence-electron chi connectivity index (χ4n) is 4.91. The van der Waals surface area contributed by atoms with Crippen molar-refractivity contribution < 1.29 is 5.11 Å². The predicted molar refractivity (Wildman–Crippen MR) is 86.5 cm³/mol. The van der Waals surface area contributed by atoms with Crippen molar-refractivity contribution in [1.82, 2.24) is 15.1 Å². The van der Waals surface area contributed by atoms with E-state index < -0.39 is 0 Å². The zero-order valence-corrected chi connectivity index (χ0v) is 13.9. The average Bonchev–Trinajstić information content (AvgIpc) is 3.01. The monoisotopic (exact) mass is 295 g/mol. The molecule has 0 amide bonds. The van der Waals surface area contributed by atoms with Gasteiger partial charge in [-0.1, -0.05) is 13.8 Å². The molecule has 3 fully saturated rings. The summed E-state index contributed by atoms with van der Waals surface area (Å²) in [4.78, 5) is 5.45. The normalized spacial score (nSPS) is 38.9. The van der Waals surface area contributed by atoms with Gasteiger partial charge < -0.3 is 10.4 Å². The van der Waals surface area contributed by atoms with Gasteiger partial charge in [-0.25, -0.2) is 0 Å². The van der Waals surface area contributed by atoms with E-state index >= 15 is 0 Å². The molecule has 1 aliphatic carbocycles. The second-order valence-corrected chi connectivity index (χ2v) is 7.81. The summed E-state index contributed by atoms with van der Waals surface area (Å²) in [5.74, 6) is 0. The van der Waals surface area contributed by atoms with Crippen LogP contribution in [0.3, 0.4) is 0 Å². The highest BCUT2D eigenvalue weighted by Gasteiger charge is 2.42. The molecule has 0 bridgehead atoms. The molecule has 3 unspecified atom stereocenters. The van der Waals surface area contributed by atoms with Gasteiger partial charge in [0, 0.05) is 30.2 Å². The summed E-state index contributed by atoms with van der Waals surface area (Å²) in [6.45, 7) is 9.78. The number of aliphatic hydroxyl groups excluding tert-OH is 1. The van der Waals surface area contributed by atoms with Gasteiger partial charge >= 0.3 is 0 Å². The highest BCUT2D eigenvalue weighted by molar-refractivity contribution is 5.01. The molecule has 122 valence electrons. The topological polar surface area (TPSA) is 38.7 Å². The minimum Gasteiger partial charge on any atom is -0.394 e. The Hall–Kier alpha value is -0.160. The Morgan fingerprint density at radius 1 is 1.10 bits per heavy atom. The summed E-state index contributed by atoms with van der Waals surface area (Å²) in [5.41, 5.74) is -0.0273. The lowest BCUT2D eigenvalue weighted by atomic mass is 9.97. The van der Waals surface area contributed by atoms with Gasteiger partial charge in [0.2, 0.25) is 0 Å². The summed E-state index contributed by atoms with van der Waals surface area (Å²) >= 11 is 0. The molecule has 0 radical (unpaired) electrons. The fourth-order valence-corrected chi connectivity index (χ4v) is 4.91.